The number of thiophene rings is 1. The number of rotatable bonds is 4. The van der Waals surface area contributed by atoms with Gasteiger partial charge in [0.05, 0.1) is 10.6 Å². The van der Waals surface area contributed by atoms with Gasteiger partial charge in [-0.25, -0.2) is 13.6 Å². The van der Waals surface area contributed by atoms with E-state index >= 15 is 0 Å². The highest BCUT2D eigenvalue weighted by Crippen LogP contribution is 2.23. The summed E-state index contributed by atoms with van der Waals surface area (Å²) >= 11 is 1.51. The molecule has 1 N–H and O–H groups in total. The lowest BCUT2D eigenvalue weighted by molar-refractivity contribution is -0.117. The molecule has 136 valence electrons. The van der Waals surface area contributed by atoms with Crippen molar-refractivity contribution in [2.24, 2.45) is 0 Å². The van der Waals surface area contributed by atoms with E-state index in [-0.39, 0.29) is 12.2 Å². The number of halogens is 1. The van der Waals surface area contributed by atoms with Crippen molar-refractivity contribution in [3.63, 3.8) is 0 Å². The number of hydrogen-bond donors (Lipinski definition) is 1. The van der Waals surface area contributed by atoms with Crippen molar-refractivity contribution in [3.05, 3.63) is 69.8 Å². The third-order valence-electron chi connectivity index (χ3n) is 3.96. The summed E-state index contributed by atoms with van der Waals surface area (Å²) in [5, 5.41) is 12.7. The van der Waals surface area contributed by atoms with Gasteiger partial charge in [0, 0.05) is 0 Å². The second kappa shape index (κ2) is 6.76. The van der Waals surface area contributed by atoms with Crippen molar-refractivity contribution < 1.29 is 9.18 Å². The molecule has 4 rings (SSSR count). The van der Waals surface area contributed by atoms with Gasteiger partial charge in [0.1, 0.15) is 29.9 Å². The predicted molar refractivity (Wildman–Crippen MR) is 100 cm³/mol. The zero-order valence-electron chi connectivity index (χ0n) is 14.2. The van der Waals surface area contributed by atoms with Crippen molar-refractivity contribution in [3.8, 4) is 10.6 Å². The molecule has 4 aromatic rings. The van der Waals surface area contributed by atoms with Gasteiger partial charge in [0.15, 0.2) is 0 Å². The highest BCUT2D eigenvalue weighted by atomic mass is 32.1. The van der Waals surface area contributed by atoms with Crippen LogP contribution in [-0.4, -0.2) is 25.3 Å². The monoisotopic (exact) mass is 383 g/mol. The number of anilines is 1. The molecule has 1 aromatic carbocycles. The molecule has 0 radical (unpaired) electrons. The van der Waals surface area contributed by atoms with E-state index in [2.05, 4.69) is 15.5 Å². The highest BCUT2D eigenvalue weighted by Gasteiger charge is 2.13. The van der Waals surface area contributed by atoms with Crippen LogP contribution >= 0.6 is 11.3 Å². The summed E-state index contributed by atoms with van der Waals surface area (Å²) in [4.78, 5) is 25.7. The lowest BCUT2D eigenvalue weighted by atomic mass is 10.2. The van der Waals surface area contributed by atoms with Crippen LogP contribution in [0.1, 0.15) is 5.56 Å². The lowest BCUT2D eigenvalue weighted by Gasteiger charge is -2.08. The summed E-state index contributed by atoms with van der Waals surface area (Å²) in [6, 6.07) is 9.95. The molecule has 27 heavy (non-hydrogen) atoms. The van der Waals surface area contributed by atoms with Crippen LogP contribution in [-0.2, 0) is 11.3 Å². The Morgan fingerprint density at radius 3 is 2.89 bits per heavy atom. The molecule has 0 atom stereocenters. The molecule has 7 nitrogen and oxygen atoms in total. The maximum atomic E-state index is 13.9. The average molecular weight is 383 g/mol. The van der Waals surface area contributed by atoms with E-state index in [1.807, 2.05) is 17.5 Å². The quantitative estimate of drug-likeness (QED) is 0.588. The zero-order valence-corrected chi connectivity index (χ0v) is 15.0. The first-order valence-electron chi connectivity index (χ1n) is 8.06. The Kier molecular flexibility index (Phi) is 4.28. The molecular weight excluding hydrogens is 369 g/mol. The molecule has 0 bridgehead atoms. The third-order valence-corrected chi connectivity index (χ3v) is 4.85. The second-order valence-electron chi connectivity index (χ2n) is 5.96. The first-order valence-corrected chi connectivity index (χ1v) is 8.94. The largest absolute Gasteiger partial charge is 0.322 e. The Balaban J connectivity index is 1.59. The number of nitrogens with one attached hydrogen (secondary N) is 1. The van der Waals surface area contributed by atoms with E-state index in [1.165, 1.54) is 34.3 Å². The normalized spacial score (nSPS) is 11.0. The van der Waals surface area contributed by atoms with Gasteiger partial charge in [-0.15, -0.1) is 11.3 Å². The Morgan fingerprint density at radius 1 is 1.30 bits per heavy atom. The Labute approximate surface area is 156 Å². The van der Waals surface area contributed by atoms with Gasteiger partial charge in [-0.2, -0.15) is 10.2 Å². The van der Waals surface area contributed by atoms with Crippen molar-refractivity contribution in [1.29, 1.82) is 0 Å². The molecule has 0 unspecified atom stereocenters. The number of aromatic nitrogens is 4. The smallest absolute Gasteiger partial charge is 0.293 e. The first-order chi connectivity index (χ1) is 13.0. The summed E-state index contributed by atoms with van der Waals surface area (Å²) in [5.74, 6) is -1.08. The molecule has 0 saturated heterocycles. The van der Waals surface area contributed by atoms with Crippen molar-refractivity contribution in [1.82, 2.24) is 19.4 Å². The lowest BCUT2D eigenvalue weighted by Crippen LogP contribution is -2.30. The summed E-state index contributed by atoms with van der Waals surface area (Å²) in [6.07, 6.45) is 1.37. The van der Waals surface area contributed by atoms with Crippen LogP contribution in [0.5, 0.6) is 0 Å². The van der Waals surface area contributed by atoms with Gasteiger partial charge >= 0.3 is 0 Å². The van der Waals surface area contributed by atoms with Crippen LogP contribution in [0.4, 0.5) is 10.1 Å². The summed E-state index contributed by atoms with van der Waals surface area (Å²) < 4.78 is 16.3. The minimum atomic E-state index is -0.547. The minimum absolute atomic E-state index is 0.0593. The SMILES string of the molecule is Cc1ccc(NC(=O)Cn2ncn3nc(-c4cccs4)cc3c2=O)c(F)c1. The van der Waals surface area contributed by atoms with Gasteiger partial charge in [0.25, 0.3) is 5.56 Å². The van der Waals surface area contributed by atoms with E-state index in [1.54, 1.807) is 19.1 Å². The molecule has 0 saturated carbocycles. The maximum Gasteiger partial charge on any atom is 0.293 e. The topological polar surface area (TPSA) is 81.3 Å². The summed E-state index contributed by atoms with van der Waals surface area (Å²) in [6.45, 7) is 1.42. The van der Waals surface area contributed by atoms with Gasteiger partial charge in [0.2, 0.25) is 5.91 Å². The van der Waals surface area contributed by atoms with Gasteiger partial charge in [-0.05, 0) is 42.1 Å². The predicted octanol–water partition coefficient (Wildman–Crippen LogP) is 2.71. The number of hydrogen-bond acceptors (Lipinski definition) is 5. The number of nitrogens with zero attached hydrogens (tertiary/aromatic N) is 4. The second-order valence-corrected chi connectivity index (χ2v) is 6.91. The summed E-state index contributed by atoms with van der Waals surface area (Å²) in [5.41, 5.74) is 1.32. The van der Waals surface area contributed by atoms with Crippen molar-refractivity contribution in [2.75, 3.05) is 5.32 Å². The van der Waals surface area contributed by atoms with E-state index in [0.29, 0.717) is 11.2 Å². The number of amides is 1. The molecule has 9 heteroatoms. The zero-order chi connectivity index (χ0) is 19.0. The molecule has 3 aromatic heterocycles. The van der Waals surface area contributed by atoms with Crippen molar-refractivity contribution >= 4 is 28.4 Å². The molecule has 0 spiro atoms. The van der Waals surface area contributed by atoms with Crippen LogP contribution in [0.3, 0.4) is 0 Å². The Bertz CT molecular complexity index is 1200. The van der Waals surface area contributed by atoms with Crippen LogP contribution in [0.15, 0.2) is 52.9 Å². The summed E-state index contributed by atoms with van der Waals surface area (Å²) in [7, 11) is 0. The van der Waals surface area contributed by atoms with E-state index in [9.17, 15) is 14.0 Å². The molecule has 3 heterocycles. The number of benzene rings is 1. The molecule has 0 aliphatic carbocycles. The van der Waals surface area contributed by atoms with Crippen LogP contribution in [0.25, 0.3) is 16.1 Å². The number of aryl methyl sites for hydroxylation is 1. The average Bonchev–Trinajstić information content (AvgIpc) is 3.29. The highest BCUT2D eigenvalue weighted by molar-refractivity contribution is 7.13. The fourth-order valence-electron chi connectivity index (χ4n) is 2.64. The van der Waals surface area contributed by atoms with Gasteiger partial charge in [-0.3, -0.25) is 9.59 Å². The standard InChI is InChI=1S/C18H14FN5O2S/c1-11-4-5-13(12(19)7-11)21-17(25)9-23-18(26)15-8-14(16-3-2-6-27-16)22-24(15)10-20-23/h2-8,10H,9H2,1H3,(H,21,25). The number of carbonyl (C=O) groups excluding carboxylic acids is 1. The Morgan fingerprint density at radius 2 is 2.15 bits per heavy atom. The third kappa shape index (κ3) is 3.36. The molecule has 0 aliphatic heterocycles. The van der Waals surface area contributed by atoms with E-state index in [0.717, 1.165) is 15.1 Å². The molecular formula is C18H14FN5O2S. The fourth-order valence-corrected chi connectivity index (χ4v) is 3.32. The van der Waals surface area contributed by atoms with E-state index < -0.39 is 17.3 Å². The Hall–Kier alpha value is -3.33. The van der Waals surface area contributed by atoms with Crippen molar-refractivity contribution in [2.45, 2.75) is 13.5 Å². The molecule has 1 amide bonds. The number of fused-ring (bicyclic) bond motifs is 1. The van der Waals surface area contributed by atoms with Crippen LogP contribution in [0, 0.1) is 12.7 Å². The van der Waals surface area contributed by atoms with E-state index in [4.69, 9.17) is 0 Å². The molecule has 0 fully saturated rings. The number of carbonyl (C=O) groups is 1. The van der Waals surface area contributed by atoms with Crippen LogP contribution in [0.2, 0.25) is 0 Å². The van der Waals surface area contributed by atoms with Gasteiger partial charge in [-0.1, -0.05) is 12.1 Å². The fraction of sp³-hybridized carbons (Fsp3) is 0.111. The minimum Gasteiger partial charge on any atom is -0.322 e. The maximum absolute atomic E-state index is 13.9. The van der Waals surface area contributed by atoms with Crippen LogP contribution < -0.4 is 10.9 Å². The van der Waals surface area contributed by atoms with Gasteiger partial charge < -0.3 is 5.32 Å². The molecule has 0 aliphatic rings. The first kappa shape index (κ1) is 17.1.